The van der Waals surface area contributed by atoms with Crippen LogP contribution in [0.5, 0.6) is 5.75 Å². The third-order valence-corrected chi connectivity index (χ3v) is 3.42. The first kappa shape index (κ1) is 14.3. The van der Waals surface area contributed by atoms with Gasteiger partial charge in [0.05, 0.1) is 5.02 Å². The van der Waals surface area contributed by atoms with E-state index in [9.17, 15) is 4.39 Å². The second-order valence-electron chi connectivity index (χ2n) is 3.99. The van der Waals surface area contributed by atoms with E-state index in [4.69, 9.17) is 22.1 Å². The van der Waals surface area contributed by atoms with Crippen molar-refractivity contribution >= 4 is 27.5 Å². The molecule has 2 aromatic carbocycles. The molecule has 19 heavy (non-hydrogen) atoms. The van der Waals surface area contributed by atoms with Crippen LogP contribution in [0.3, 0.4) is 0 Å². The lowest BCUT2D eigenvalue weighted by atomic mass is 10.2. The fourth-order valence-electron chi connectivity index (χ4n) is 1.64. The van der Waals surface area contributed by atoms with Gasteiger partial charge in [0.25, 0.3) is 0 Å². The normalized spacial score (nSPS) is 10.5. The van der Waals surface area contributed by atoms with E-state index >= 15 is 0 Å². The highest BCUT2D eigenvalue weighted by Crippen LogP contribution is 2.24. The van der Waals surface area contributed by atoms with E-state index in [0.717, 1.165) is 10.0 Å². The molecule has 5 heteroatoms. The number of hydrogen-bond acceptors (Lipinski definition) is 2. The first-order chi connectivity index (χ1) is 9.10. The van der Waals surface area contributed by atoms with Crippen LogP contribution in [0.4, 0.5) is 4.39 Å². The van der Waals surface area contributed by atoms with Gasteiger partial charge >= 0.3 is 0 Å². The molecule has 2 aromatic rings. The second kappa shape index (κ2) is 6.37. The molecule has 2 nitrogen and oxygen atoms in total. The smallest absolute Gasteiger partial charge is 0.142 e. The molecule has 0 bridgehead atoms. The van der Waals surface area contributed by atoms with E-state index in [1.165, 1.54) is 12.1 Å². The lowest BCUT2D eigenvalue weighted by Crippen LogP contribution is -2.03. The van der Waals surface area contributed by atoms with E-state index < -0.39 is 5.82 Å². The molecule has 0 aliphatic carbocycles. The average molecular weight is 345 g/mol. The Bertz CT molecular complexity index is 592. The zero-order chi connectivity index (χ0) is 13.8. The highest BCUT2D eigenvalue weighted by molar-refractivity contribution is 9.10. The van der Waals surface area contributed by atoms with Gasteiger partial charge in [-0.25, -0.2) is 4.39 Å². The summed E-state index contributed by atoms with van der Waals surface area (Å²) in [6.45, 7) is 0.645. The molecule has 0 fully saturated rings. The van der Waals surface area contributed by atoms with Gasteiger partial charge in [0, 0.05) is 16.6 Å². The second-order valence-corrected chi connectivity index (χ2v) is 5.32. The summed E-state index contributed by atoms with van der Waals surface area (Å²) in [6.07, 6.45) is 0. The predicted molar refractivity (Wildman–Crippen MR) is 77.8 cm³/mol. The number of ether oxygens (including phenoxy) is 1. The van der Waals surface area contributed by atoms with Crippen LogP contribution in [0.25, 0.3) is 0 Å². The molecule has 0 aliphatic heterocycles. The Balaban J connectivity index is 2.12. The Morgan fingerprint density at radius 2 is 2.00 bits per heavy atom. The first-order valence-corrected chi connectivity index (χ1v) is 6.82. The summed E-state index contributed by atoms with van der Waals surface area (Å²) in [5.74, 6) is 0.249. The van der Waals surface area contributed by atoms with E-state index in [0.29, 0.717) is 17.9 Å². The van der Waals surface area contributed by atoms with Crippen molar-refractivity contribution in [3.63, 3.8) is 0 Å². The van der Waals surface area contributed by atoms with Crippen LogP contribution in [0.15, 0.2) is 40.9 Å². The molecule has 0 aliphatic rings. The quantitative estimate of drug-likeness (QED) is 0.898. The van der Waals surface area contributed by atoms with Crippen molar-refractivity contribution in [2.45, 2.75) is 13.2 Å². The number of nitrogens with two attached hydrogens (primary N) is 1. The topological polar surface area (TPSA) is 35.2 Å². The number of hydrogen-bond donors (Lipinski definition) is 1. The van der Waals surface area contributed by atoms with E-state index in [1.807, 2.05) is 18.2 Å². The van der Waals surface area contributed by atoms with Crippen LogP contribution >= 0.6 is 27.5 Å². The molecule has 100 valence electrons. The monoisotopic (exact) mass is 343 g/mol. The molecule has 0 amide bonds. The molecule has 0 radical (unpaired) electrons. The molecule has 2 rings (SSSR count). The minimum absolute atomic E-state index is 0.107. The summed E-state index contributed by atoms with van der Waals surface area (Å²) >= 11 is 9.00. The van der Waals surface area contributed by atoms with Crippen molar-refractivity contribution in [3.05, 3.63) is 62.8 Å². The molecule has 0 spiro atoms. The van der Waals surface area contributed by atoms with Crippen molar-refractivity contribution in [2.24, 2.45) is 5.73 Å². The Hall–Kier alpha value is -1.10. The SMILES string of the molecule is NCc1cc(Br)ccc1OCc1ccc(Cl)c(F)c1. The summed E-state index contributed by atoms with van der Waals surface area (Å²) < 4.78 is 19.9. The Kier molecular flexibility index (Phi) is 4.80. The minimum Gasteiger partial charge on any atom is -0.489 e. The predicted octanol–water partition coefficient (Wildman–Crippen LogP) is 4.28. The van der Waals surface area contributed by atoms with Crippen molar-refractivity contribution in [1.29, 1.82) is 0 Å². The van der Waals surface area contributed by atoms with Crippen LogP contribution < -0.4 is 10.5 Å². The van der Waals surface area contributed by atoms with Crippen LogP contribution in [-0.4, -0.2) is 0 Å². The zero-order valence-corrected chi connectivity index (χ0v) is 12.3. The Morgan fingerprint density at radius 3 is 2.68 bits per heavy atom. The number of halogens is 3. The summed E-state index contributed by atoms with van der Waals surface area (Å²) in [6, 6.07) is 10.2. The maximum Gasteiger partial charge on any atom is 0.142 e. The van der Waals surface area contributed by atoms with Gasteiger partial charge in [0.15, 0.2) is 0 Å². The third kappa shape index (κ3) is 3.69. The van der Waals surface area contributed by atoms with Crippen molar-refractivity contribution in [1.82, 2.24) is 0 Å². The Labute approximate surface area is 124 Å². The summed E-state index contributed by atoms with van der Waals surface area (Å²) in [7, 11) is 0. The highest BCUT2D eigenvalue weighted by atomic mass is 79.9. The van der Waals surface area contributed by atoms with Gasteiger partial charge in [-0.1, -0.05) is 33.6 Å². The van der Waals surface area contributed by atoms with Crippen molar-refractivity contribution in [3.8, 4) is 5.75 Å². The van der Waals surface area contributed by atoms with Crippen molar-refractivity contribution < 1.29 is 9.13 Å². The van der Waals surface area contributed by atoms with Crippen LogP contribution in [-0.2, 0) is 13.2 Å². The third-order valence-electron chi connectivity index (χ3n) is 2.62. The van der Waals surface area contributed by atoms with Gasteiger partial charge < -0.3 is 10.5 Å². The van der Waals surface area contributed by atoms with E-state index in [1.54, 1.807) is 6.07 Å². The van der Waals surface area contributed by atoms with Gasteiger partial charge in [-0.3, -0.25) is 0 Å². The molecule has 0 heterocycles. The van der Waals surface area contributed by atoms with Crippen LogP contribution in [0.2, 0.25) is 5.02 Å². The lowest BCUT2D eigenvalue weighted by molar-refractivity contribution is 0.302. The van der Waals surface area contributed by atoms with Crippen molar-refractivity contribution in [2.75, 3.05) is 0 Å². The summed E-state index contributed by atoms with van der Waals surface area (Å²) in [5, 5.41) is 0.107. The van der Waals surface area contributed by atoms with Gasteiger partial charge in [-0.05, 0) is 35.9 Å². The molecule has 2 N–H and O–H groups in total. The molecular formula is C14H12BrClFNO. The van der Waals surface area contributed by atoms with Crippen LogP contribution in [0, 0.1) is 5.82 Å². The van der Waals surface area contributed by atoms with Gasteiger partial charge in [-0.2, -0.15) is 0 Å². The minimum atomic E-state index is -0.447. The maximum absolute atomic E-state index is 13.3. The summed E-state index contributed by atoms with van der Waals surface area (Å²) in [4.78, 5) is 0. The van der Waals surface area contributed by atoms with Gasteiger partial charge in [0.1, 0.15) is 18.2 Å². The molecule has 0 atom stereocenters. The van der Waals surface area contributed by atoms with Crippen LogP contribution in [0.1, 0.15) is 11.1 Å². The fraction of sp³-hybridized carbons (Fsp3) is 0.143. The maximum atomic E-state index is 13.3. The van der Waals surface area contributed by atoms with Gasteiger partial charge in [-0.15, -0.1) is 0 Å². The summed E-state index contributed by atoms with van der Waals surface area (Å²) in [5.41, 5.74) is 7.26. The Morgan fingerprint density at radius 1 is 1.21 bits per heavy atom. The highest BCUT2D eigenvalue weighted by Gasteiger charge is 2.05. The molecule has 0 unspecified atom stereocenters. The largest absolute Gasteiger partial charge is 0.489 e. The number of benzene rings is 2. The molecular weight excluding hydrogens is 333 g/mol. The van der Waals surface area contributed by atoms with E-state index in [2.05, 4.69) is 15.9 Å². The molecule has 0 saturated carbocycles. The first-order valence-electron chi connectivity index (χ1n) is 5.65. The lowest BCUT2D eigenvalue weighted by Gasteiger charge is -2.11. The number of rotatable bonds is 4. The molecule has 0 saturated heterocycles. The zero-order valence-electron chi connectivity index (χ0n) is 10.00. The fourth-order valence-corrected chi connectivity index (χ4v) is 2.16. The van der Waals surface area contributed by atoms with Gasteiger partial charge in [0.2, 0.25) is 0 Å². The molecule has 0 aromatic heterocycles. The van der Waals surface area contributed by atoms with E-state index in [-0.39, 0.29) is 11.6 Å². The standard InChI is InChI=1S/C14H12BrClFNO/c15-11-2-4-14(10(6-11)7-18)19-8-9-1-3-12(16)13(17)5-9/h1-6H,7-8,18H2. The average Bonchev–Trinajstić information content (AvgIpc) is 2.41.